The summed E-state index contributed by atoms with van der Waals surface area (Å²) in [4.78, 5) is 0.232. The van der Waals surface area contributed by atoms with Gasteiger partial charge in [0.2, 0.25) is 10.0 Å². The first-order valence-electron chi connectivity index (χ1n) is 8.29. The van der Waals surface area contributed by atoms with Gasteiger partial charge in [-0.2, -0.15) is 0 Å². The van der Waals surface area contributed by atoms with Crippen LogP contribution in [0.2, 0.25) is 0 Å². The minimum absolute atomic E-state index is 0.0671. The van der Waals surface area contributed by atoms with Crippen molar-refractivity contribution in [1.82, 2.24) is 4.72 Å². The lowest BCUT2D eigenvalue weighted by molar-refractivity contribution is 0.586. The third kappa shape index (κ3) is 5.30. The van der Waals surface area contributed by atoms with Gasteiger partial charge in [-0.25, -0.2) is 21.6 Å². The number of aryl methyl sites for hydroxylation is 1. The lowest BCUT2D eigenvalue weighted by Gasteiger charge is -2.10. The number of sulfonamides is 2. The Labute approximate surface area is 155 Å². The smallest absolute Gasteiger partial charge is 0.261 e. The van der Waals surface area contributed by atoms with E-state index in [0.717, 1.165) is 18.4 Å². The first-order chi connectivity index (χ1) is 12.1. The van der Waals surface area contributed by atoms with E-state index in [2.05, 4.69) is 23.3 Å². The Balaban J connectivity index is 2.13. The van der Waals surface area contributed by atoms with Crippen LogP contribution in [-0.4, -0.2) is 23.9 Å². The lowest BCUT2D eigenvalue weighted by atomic mass is 10.0. The van der Waals surface area contributed by atoms with Crippen LogP contribution in [0.1, 0.15) is 25.8 Å². The molecule has 0 fully saturated rings. The third-order valence-corrected chi connectivity index (χ3v) is 6.76. The number of hydrogen-bond donors (Lipinski definition) is 2. The maximum atomic E-state index is 12.5. The van der Waals surface area contributed by atoms with Crippen molar-refractivity contribution in [2.75, 3.05) is 11.8 Å². The lowest BCUT2D eigenvalue weighted by Crippen LogP contribution is -2.18. The Morgan fingerprint density at radius 1 is 0.808 bits per heavy atom. The average molecular weight is 397 g/mol. The molecule has 142 valence electrons. The molecule has 2 aromatic rings. The Morgan fingerprint density at radius 2 is 1.31 bits per heavy atom. The van der Waals surface area contributed by atoms with Gasteiger partial charge in [0.25, 0.3) is 10.0 Å². The van der Waals surface area contributed by atoms with Crippen LogP contribution in [-0.2, 0) is 26.5 Å². The van der Waals surface area contributed by atoms with Crippen LogP contribution in [0.15, 0.2) is 58.3 Å². The molecule has 2 rings (SSSR count). The molecule has 8 heteroatoms. The van der Waals surface area contributed by atoms with Gasteiger partial charge in [-0.1, -0.05) is 26.0 Å². The number of rotatable bonds is 8. The summed E-state index contributed by atoms with van der Waals surface area (Å²) in [7, 11) is -5.97. The van der Waals surface area contributed by atoms with E-state index in [4.69, 9.17) is 0 Å². The number of anilines is 1. The fourth-order valence-corrected chi connectivity index (χ4v) is 4.11. The molecule has 0 radical (unpaired) electrons. The molecule has 0 aliphatic carbocycles. The molecule has 0 aliphatic rings. The number of benzene rings is 2. The molecule has 26 heavy (non-hydrogen) atoms. The van der Waals surface area contributed by atoms with E-state index in [1.54, 1.807) is 12.1 Å². The van der Waals surface area contributed by atoms with Crippen molar-refractivity contribution in [3.05, 3.63) is 54.1 Å². The fraction of sp³-hybridized carbons (Fsp3) is 0.333. The Kier molecular flexibility index (Phi) is 6.44. The Morgan fingerprint density at radius 3 is 1.81 bits per heavy atom. The zero-order valence-electron chi connectivity index (χ0n) is 15.1. The topological polar surface area (TPSA) is 92.3 Å². The molecule has 2 N–H and O–H groups in total. The minimum Gasteiger partial charge on any atom is -0.280 e. The van der Waals surface area contributed by atoms with Crippen LogP contribution >= 0.6 is 0 Å². The van der Waals surface area contributed by atoms with Gasteiger partial charge in [0.05, 0.1) is 9.79 Å². The summed E-state index contributed by atoms with van der Waals surface area (Å²) in [6.07, 6.45) is 1.96. The molecule has 0 atom stereocenters. The van der Waals surface area contributed by atoms with Gasteiger partial charge in [-0.15, -0.1) is 0 Å². The maximum Gasteiger partial charge on any atom is 0.261 e. The molecule has 0 heterocycles. The van der Waals surface area contributed by atoms with E-state index in [1.165, 1.54) is 31.3 Å². The SMILES string of the molecule is CNS(=O)(=O)c1ccc(NS(=O)(=O)c2ccc(CCC(C)C)cc2)cc1. The summed E-state index contributed by atoms with van der Waals surface area (Å²) in [6.45, 7) is 4.30. The van der Waals surface area contributed by atoms with E-state index >= 15 is 0 Å². The van der Waals surface area contributed by atoms with Gasteiger partial charge in [-0.3, -0.25) is 4.72 Å². The zero-order valence-corrected chi connectivity index (χ0v) is 16.7. The minimum atomic E-state index is -3.73. The van der Waals surface area contributed by atoms with Crippen LogP contribution < -0.4 is 9.44 Å². The van der Waals surface area contributed by atoms with Crippen molar-refractivity contribution < 1.29 is 16.8 Å². The molecular weight excluding hydrogens is 372 g/mol. The van der Waals surface area contributed by atoms with E-state index in [1.807, 2.05) is 12.1 Å². The molecule has 0 amide bonds. The molecule has 0 saturated carbocycles. The van der Waals surface area contributed by atoms with Gasteiger partial charge in [-0.05, 0) is 67.8 Å². The van der Waals surface area contributed by atoms with E-state index in [9.17, 15) is 16.8 Å². The summed E-state index contributed by atoms with van der Waals surface area (Å²) in [5, 5.41) is 0. The molecule has 0 aliphatic heterocycles. The predicted octanol–water partition coefficient (Wildman–Crippen LogP) is 2.98. The Bertz CT molecular complexity index is 934. The summed E-state index contributed by atoms with van der Waals surface area (Å²) < 4.78 is 53.0. The van der Waals surface area contributed by atoms with Gasteiger partial charge in [0, 0.05) is 5.69 Å². The molecule has 0 spiro atoms. The van der Waals surface area contributed by atoms with Gasteiger partial charge < -0.3 is 0 Å². The second-order valence-electron chi connectivity index (χ2n) is 6.41. The first kappa shape index (κ1) is 20.4. The van der Waals surface area contributed by atoms with Gasteiger partial charge in [0.1, 0.15) is 0 Å². The summed E-state index contributed by atoms with van der Waals surface area (Å²) in [6, 6.07) is 12.3. The van der Waals surface area contributed by atoms with E-state index in [-0.39, 0.29) is 9.79 Å². The first-order valence-corrected chi connectivity index (χ1v) is 11.3. The normalized spacial score (nSPS) is 12.3. The molecule has 2 aromatic carbocycles. The molecule has 0 unspecified atom stereocenters. The van der Waals surface area contributed by atoms with Crippen molar-refractivity contribution in [2.45, 2.75) is 36.5 Å². The highest BCUT2D eigenvalue weighted by atomic mass is 32.2. The summed E-state index contributed by atoms with van der Waals surface area (Å²) in [5.74, 6) is 0.592. The molecule has 0 saturated heterocycles. The van der Waals surface area contributed by atoms with Crippen LogP contribution in [0.5, 0.6) is 0 Å². The second kappa shape index (κ2) is 8.20. The summed E-state index contributed by atoms with van der Waals surface area (Å²) >= 11 is 0. The standard InChI is InChI=1S/C18H24N2O4S2/c1-14(2)4-5-15-6-10-18(11-7-15)26(23,24)20-16-8-12-17(13-9-16)25(21,22)19-3/h6-14,19-20H,4-5H2,1-3H3. The molecular formula is C18H24N2O4S2. The molecule has 6 nitrogen and oxygen atoms in total. The Hall–Kier alpha value is -1.90. The predicted molar refractivity (Wildman–Crippen MR) is 103 cm³/mol. The van der Waals surface area contributed by atoms with Gasteiger partial charge in [0.15, 0.2) is 0 Å². The maximum absolute atomic E-state index is 12.5. The second-order valence-corrected chi connectivity index (χ2v) is 9.98. The number of hydrogen-bond acceptors (Lipinski definition) is 4. The largest absolute Gasteiger partial charge is 0.280 e. The van der Waals surface area contributed by atoms with Crippen LogP contribution in [0.25, 0.3) is 0 Å². The molecule has 0 bridgehead atoms. The highest BCUT2D eigenvalue weighted by molar-refractivity contribution is 7.92. The van der Waals surface area contributed by atoms with Crippen molar-refractivity contribution in [1.29, 1.82) is 0 Å². The van der Waals surface area contributed by atoms with Crippen LogP contribution in [0, 0.1) is 5.92 Å². The van der Waals surface area contributed by atoms with E-state index < -0.39 is 20.0 Å². The third-order valence-electron chi connectivity index (χ3n) is 3.93. The highest BCUT2D eigenvalue weighted by Crippen LogP contribution is 2.19. The van der Waals surface area contributed by atoms with Crippen molar-refractivity contribution in [2.24, 2.45) is 5.92 Å². The zero-order chi connectivity index (χ0) is 19.4. The highest BCUT2D eigenvalue weighted by Gasteiger charge is 2.15. The molecule has 0 aromatic heterocycles. The van der Waals surface area contributed by atoms with Crippen molar-refractivity contribution in [3.8, 4) is 0 Å². The monoisotopic (exact) mass is 396 g/mol. The summed E-state index contributed by atoms with van der Waals surface area (Å²) in [5.41, 5.74) is 1.39. The fourth-order valence-electron chi connectivity index (χ4n) is 2.32. The quantitative estimate of drug-likeness (QED) is 0.717. The average Bonchev–Trinajstić information content (AvgIpc) is 2.60. The van der Waals surface area contributed by atoms with Gasteiger partial charge >= 0.3 is 0 Å². The van der Waals surface area contributed by atoms with Crippen molar-refractivity contribution >= 4 is 25.7 Å². The van der Waals surface area contributed by atoms with Crippen molar-refractivity contribution in [3.63, 3.8) is 0 Å². The van der Waals surface area contributed by atoms with Crippen LogP contribution in [0.4, 0.5) is 5.69 Å². The van der Waals surface area contributed by atoms with Crippen LogP contribution in [0.3, 0.4) is 0 Å². The number of nitrogens with one attached hydrogen (secondary N) is 2. The van der Waals surface area contributed by atoms with E-state index in [0.29, 0.717) is 11.6 Å².